The number of carbonyl (C=O) groups excluding carboxylic acids is 2. The summed E-state index contributed by atoms with van der Waals surface area (Å²) in [6, 6.07) is 3.29. The topological polar surface area (TPSA) is 135 Å². The quantitative estimate of drug-likeness (QED) is 0.399. The summed E-state index contributed by atoms with van der Waals surface area (Å²) < 4.78 is 41.1. The fourth-order valence-electron chi connectivity index (χ4n) is 2.61. The molecule has 0 saturated heterocycles. The Hall–Kier alpha value is -2.66. The number of hydroxylamine groups is 2. The minimum absolute atomic E-state index is 0.0588. The second kappa shape index (κ2) is 9.23. The molecule has 11 heteroatoms. The third-order valence-corrected chi connectivity index (χ3v) is 4.90. The van der Waals surface area contributed by atoms with E-state index in [1.807, 2.05) is 12.2 Å². The molecule has 10 nitrogen and oxygen atoms in total. The van der Waals surface area contributed by atoms with Gasteiger partial charge in [-0.2, -0.15) is 8.42 Å². The van der Waals surface area contributed by atoms with Crippen LogP contribution in [0.5, 0.6) is 0 Å². The zero-order valence-corrected chi connectivity index (χ0v) is 20.2. The monoisotopic (exact) mass is 457 g/mol. The maximum atomic E-state index is 13.0. The summed E-state index contributed by atoms with van der Waals surface area (Å²) in [7, 11) is -4.56. The van der Waals surface area contributed by atoms with Crippen LogP contribution in [-0.4, -0.2) is 42.8 Å². The first-order chi connectivity index (χ1) is 13.8. The van der Waals surface area contributed by atoms with Crippen molar-refractivity contribution in [3.63, 3.8) is 0 Å². The van der Waals surface area contributed by atoms with Crippen molar-refractivity contribution >= 4 is 28.3 Å². The van der Waals surface area contributed by atoms with E-state index in [2.05, 4.69) is 0 Å². The minimum Gasteiger partial charge on any atom is -0.444 e. The number of nitrogens with one attached hydrogen (secondary N) is 2. The lowest BCUT2D eigenvalue weighted by atomic mass is 10.1. The molecule has 0 bridgehead atoms. The summed E-state index contributed by atoms with van der Waals surface area (Å²) in [6.07, 6.45) is -2.38. The smallest absolute Gasteiger partial charge is 0.443 e. The predicted molar refractivity (Wildman–Crippen MR) is 114 cm³/mol. The van der Waals surface area contributed by atoms with E-state index in [0.717, 1.165) is 5.56 Å². The molecule has 2 amide bonds. The van der Waals surface area contributed by atoms with Crippen LogP contribution in [0.15, 0.2) is 17.0 Å². The molecule has 0 atom stereocenters. The Morgan fingerprint density at radius 2 is 1.39 bits per heavy atom. The van der Waals surface area contributed by atoms with Crippen LogP contribution in [-0.2, 0) is 23.9 Å². The number of amides is 2. The van der Waals surface area contributed by atoms with Crippen LogP contribution in [0.2, 0.25) is 0 Å². The molecule has 0 heterocycles. The zero-order valence-electron chi connectivity index (χ0n) is 19.4. The summed E-state index contributed by atoms with van der Waals surface area (Å²) in [6.45, 7) is 14.4. The molecule has 174 valence electrons. The van der Waals surface area contributed by atoms with Crippen LogP contribution in [0.1, 0.15) is 58.2 Å². The minimum atomic E-state index is -4.56. The highest BCUT2D eigenvalue weighted by molar-refractivity contribution is 7.86. The SMILES string of the molecule is Cc1cc(C)c(S(=O)(=O)ON(C(=N)NC(=O)OC(C)(C)C)C(=O)OC(C)(C)C)c(C)c1. The van der Waals surface area contributed by atoms with Crippen molar-refractivity contribution in [3.05, 3.63) is 28.8 Å². The van der Waals surface area contributed by atoms with Gasteiger partial charge in [-0.05, 0) is 73.4 Å². The van der Waals surface area contributed by atoms with Crippen molar-refractivity contribution in [3.8, 4) is 0 Å². The first-order valence-corrected chi connectivity index (χ1v) is 10.9. The van der Waals surface area contributed by atoms with E-state index in [1.54, 1.807) is 67.5 Å². The maximum Gasteiger partial charge on any atom is 0.443 e. The molecule has 0 radical (unpaired) electrons. The van der Waals surface area contributed by atoms with Crippen LogP contribution < -0.4 is 5.32 Å². The van der Waals surface area contributed by atoms with Gasteiger partial charge in [0.05, 0.1) is 0 Å². The maximum absolute atomic E-state index is 13.0. The fourth-order valence-corrected chi connectivity index (χ4v) is 3.92. The van der Waals surface area contributed by atoms with Crippen molar-refractivity contribution in [2.75, 3.05) is 0 Å². The Bertz CT molecular complexity index is 950. The van der Waals surface area contributed by atoms with E-state index < -0.39 is 39.5 Å². The van der Waals surface area contributed by atoms with Gasteiger partial charge in [-0.1, -0.05) is 17.7 Å². The standard InChI is InChI=1S/C20H31N3O7S/c1-12-10-13(2)15(14(3)11-12)31(26,27)30-23(18(25)29-20(7,8)9)16(21)22-17(24)28-19(4,5)6/h10-11H,1-9H3,(H2,21,22,24). The van der Waals surface area contributed by atoms with Crippen molar-refractivity contribution in [2.24, 2.45) is 0 Å². The van der Waals surface area contributed by atoms with Gasteiger partial charge in [0.2, 0.25) is 5.96 Å². The number of carbonyl (C=O) groups is 2. The molecular formula is C20H31N3O7S. The van der Waals surface area contributed by atoms with Gasteiger partial charge >= 0.3 is 22.3 Å². The Morgan fingerprint density at radius 3 is 1.81 bits per heavy atom. The highest BCUT2D eigenvalue weighted by Crippen LogP contribution is 2.25. The van der Waals surface area contributed by atoms with Crippen LogP contribution in [0, 0.1) is 26.2 Å². The number of ether oxygens (including phenoxy) is 2. The van der Waals surface area contributed by atoms with Gasteiger partial charge in [-0.25, -0.2) is 9.59 Å². The van der Waals surface area contributed by atoms with Crippen molar-refractivity contribution in [1.82, 2.24) is 10.4 Å². The van der Waals surface area contributed by atoms with E-state index >= 15 is 0 Å². The molecule has 0 aliphatic rings. The van der Waals surface area contributed by atoms with E-state index in [9.17, 15) is 18.0 Å². The van der Waals surface area contributed by atoms with Gasteiger partial charge in [0.15, 0.2) is 0 Å². The van der Waals surface area contributed by atoms with Crippen molar-refractivity contribution < 1.29 is 31.8 Å². The Kier molecular flexibility index (Phi) is 7.85. The Balaban J connectivity index is 3.30. The van der Waals surface area contributed by atoms with Gasteiger partial charge in [0.25, 0.3) is 0 Å². The number of rotatable bonds is 3. The molecule has 0 aliphatic heterocycles. The van der Waals surface area contributed by atoms with Gasteiger partial charge in [-0.3, -0.25) is 10.7 Å². The number of aryl methyl sites for hydroxylation is 3. The van der Waals surface area contributed by atoms with Crippen LogP contribution >= 0.6 is 0 Å². The van der Waals surface area contributed by atoms with Crippen molar-refractivity contribution in [1.29, 1.82) is 5.41 Å². The van der Waals surface area contributed by atoms with Gasteiger partial charge < -0.3 is 9.47 Å². The highest BCUT2D eigenvalue weighted by atomic mass is 32.2. The highest BCUT2D eigenvalue weighted by Gasteiger charge is 2.34. The van der Waals surface area contributed by atoms with E-state index in [0.29, 0.717) is 11.1 Å². The molecule has 0 aromatic heterocycles. The summed E-state index contributed by atoms with van der Waals surface area (Å²) >= 11 is 0. The Labute approximate surface area is 183 Å². The molecule has 0 fully saturated rings. The number of alkyl carbamates (subject to hydrolysis) is 1. The summed E-state index contributed by atoms with van der Waals surface area (Å²) in [5.41, 5.74) is -0.270. The zero-order chi connectivity index (χ0) is 24.4. The van der Waals surface area contributed by atoms with Crippen LogP contribution in [0.3, 0.4) is 0 Å². The lowest BCUT2D eigenvalue weighted by Crippen LogP contribution is -2.50. The molecule has 0 spiro atoms. The average molecular weight is 458 g/mol. The van der Waals surface area contributed by atoms with Crippen molar-refractivity contribution in [2.45, 2.75) is 78.4 Å². The third-order valence-electron chi connectivity index (χ3n) is 3.41. The summed E-state index contributed by atoms with van der Waals surface area (Å²) in [5, 5.41) is 10.1. The van der Waals surface area contributed by atoms with E-state index in [-0.39, 0.29) is 9.96 Å². The lowest BCUT2D eigenvalue weighted by molar-refractivity contribution is -0.0293. The van der Waals surface area contributed by atoms with Gasteiger partial charge in [-0.15, -0.1) is 9.35 Å². The van der Waals surface area contributed by atoms with E-state index in [1.165, 1.54) is 0 Å². The normalized spacial score (nSPS) is 12.2. The molecule has 2 N–H and O–H groups in total. The first kappa shape index (κ1) is 26.4. The van der Waals surface area contributed by atoms with Crippen LogP contribution in [0.25, 0.3) is 0 Å². The molecule has 0 saturated carbocycles. The number of hydrogen-bond donors (Lipinski definition) is 2. The average Bonchev–Trinajstić information content (AvgIpc) is 2.47. The molecular weight excluding hydrogens is 426 g/mol. The molecule has 1 rings (SSSR count). The molecule has 1 aromatic carbocycles. The predicted octanol–water partition coefficient (Wildman–Crippen LogP) is 3.93. The Morgan fingerprint density at radius 1 is 0.935 bits per heavy atom. The first-order valence-electron chi connectivity index (χ1n) is 9.46. The molecule has 0 unspecified atom stereocenters. The van der Waals surface area contributed by atoms with E-state index in [4.69, 9.17) is 19.2 Å². The number of hydrogen-bond acceptors (Lipinski definition) is 8. The summed E-state index contributed by atoms with van der Waals surface area (Å²) in [5.74, 6) is -0.991. The lowest BCUT2D eigenvalue weighted by Gasteiger charge is -2.27. The number of benzene rings is 1. The second-order valence-corrected chi connectivity index (χ2v) is 10.5. The molecule has 0 aliphatic carbocycles. The molecule has 31 heavy (non-hydrogen) atoms. The fraction of sp³-hybridized carbons (Fsp3) is 0.550. The third kappa shape index (κ3) is 8.18. The summed E-state index contributed by atoms with van der Waals surface area (Å²) in [4.78, 5) is 24.4. The molecule has 1 aromatic rings. The number of nitrogens with zero attached hydrogens (tertiary/aromatic N) is 1. The van der Waals surface area contributed by atoms with Crippen LogP contribution in [0.4, 0.5) is 9.59 Å². The van der Waals surface area contributed by atoms with Gasteiger partial charge in [0.1, 0.15) is 16.1 Å². The largest absolute Gasteiger partial charge is 0.444 e. The van der Waals surface area contributed by atoms with Gasteiger partial charge in [0, 0.05) is 0 Å². The number of guanidine groups is 1. The second-order valence-electron chi connectivity index (χ2n) is 9.01.